The summed E-state index contributed by atoms with van der Waals surface area (Å²) in [6.07, 6.45) is 3.13. The molecule has 0 saturated carbocycles. The minimum atomic E-state index is -0.536. The number of carbonyl (C=O) groups excluding carboxylic acids is 1. The molecule has 4 rings (SSSR count). The van der Waals surface area contributed by atoms with Crippen molar-refractivity contribution >= 4 is 5.91 Å². The van der Waals surface area contributed by atoms with Gasteiger partial charge in [0.2, 0.25) is 17.7 Å². The average molecular weight is 413 g/mol. The lowest BCUT2D eigenvalue weighted by atomic mass is 9.98. The Kier molecular flexibility index (Phi) is 5.55. The van der Waals surface area contributed by atoms with Gasteiger partial charge < -0.3 is 13.9 Å². The number of rotatable bonds is 5. The largest absolute Gasteiger partial charge is 0.420 e. The van der Waals surface area contributed by atoms with Gasteiger partial charge in [0, 0.05) is 43.9 Å². The number of H-pyrrole nitrogens is 1. The second-order valence-corrected chi connectivity index (χ2v) is 7.18. The van der Waals surface area contributed by atoms with Gasteiger partial charge in [-0.2, -0.15) is 0 Å². The predicted molar refractivity (Wildman–Crippen MR) is 104 cm³/mol. The molecule has 1 amide bonds. The van der Waals surface area contributed by atoms with E-state index in [1.165, 1.54) is 29.0 Å². The zero-order chi connectivity index (χ0) is 21.1. The van der Waals surface area contributed by atoms with Crippen molar-refractivity contribution in [1.29, 1.82) is 0 Å². The summed E-state index contributed by atoms with van der Waals surface area (Å²) in [5.74, 6) is 0.245. The zero-order valence-corrected chi connectivity index (χ0v) is 16.1. The highest BCUT2D eigenvalue weighted by atomic mass is 19.1. The van der Waals surface area contributed by atoms with Crippen LogP contribution in [-0.2, 0) is 11.3 Å². The maximum Gasteiger partial charge on any atom is 0.328 e. The van der Waals surface area contributed by atoms with Crippen molar-refractivity contribution in [1.82, 2.24) is 24.6 Å². The Labute approximate surface area is 170 Å². The van der Waals surface area contributed by atoms with Crippen LogP contribution in [0.3, 0.4) is 0 Å². The number of hydrogen-bond donors (Lipinski definition) is 1. The molecule has 0 radical (unpaired) electrons. The number of amides is 1. The summed E-state index contributed by atoms with van der Waals surface area (Å²) in [7, 11) is 0. The van der Waals surface area contributed by atoms with E-state index in [9.17, 15) is 18.8 Å². The molecule has 0 spiro atoms. The van der Waals surface area contributed by atoms with E-state index in [-0.39, 0.29) is 30.6 Å². The topological polar surface area (TPSA) is 114 Å². The van der Waals surface area contributed by atoms with Gasteiger partial charge in [-0.3, -0.25) is 14.6 Å². The highest BCUT2D eigenvalue weighted by Crippen LogP contribution is 2.28. The van der Waals surface area contributed by atoms with Crippen LogP contribution < -0.4 is 11.2 Å². The monoisotopic (exact) mass is 413 g/mol. The molecule has 1 N–H and O–H groups in total. The smallest absolute Gasteiger partial charge is 0.328 e. The molecule has 0 bridgehead atoms. The number of benzene rings is 1. The standard InChI is InChI=1S/C20H20FN5O4/c21-15-5-3-13(4-6-15)18-23-24-19(30-18)14-2-1-9-26(12-14)17(28)8-11-25-10-7-16(27)22-20(25)29/h3-7,10,14H,1-2,8-9,11-12H2,(H,22,27,29). The Bertz CT molecular complexity index is 1150. The molecule has 0 aliphatic carbocycles. The first-order valence-electron chi connectivity index (χ1n) is 9.66. The number of aryl methyl sites for hydroxylation is 1. The third-order valence-electron chi connectivity index (χ3n) is 5.12. The van der Waals surface area contributed by atoms with Crippen LogP contribution in [0.1, 0.15) is 31.1 Å². The number of likely N-dealkylation sites (tertiary alicyclic amines) is 1. The van der Waals surface area contributed by atoms with E-state index in [0.29, 0.717) is 30.4 Å². The lowest BCUT2D eigenvalue weighted by Gasteiger charge is -2.31. The minimum Gasteiger partial charge on any atom is -0.420 e. The van der Waals surface area contributed by atoms with Crippen LogP contribution in [0.5, 0.6) is 0 Å². The molecule has 9 nitrogen and oxygen atoms in total. The number of hydrogen-bond acceptors (Lipinski definition) is 6. The molecular formula is C20H20FN5O4. The molecule has 1 atom stereocenters. The SMILES string of the molecule is O=C(CCn1ccc(=O)[nH]c1=O)N1CCCC(c2nnc(-c3ccc(F)cc3)o2)C1. The number of aromatic nitrogens is 4. The van der Waals surface area contributed by atoms with E-state index in [1.807, 2.05) is 0 Å². The minimum absolute atomic E-state index is 0.0831. The predicted octanol–water partition coefficient (Wildman–Crippen LogP) is 1.52. The molecule has 156 valence electrons. The van der Waals surface area contributed by atoms with Crippen molar-refractivity contribution in [2.24, 2.45) is 0 Å². The van der Waals surface area contributed by atoms with Gasteiger partial charge in [-0.25, -0.2) is 9.18 Å². The fourth-order valence-corrected chi connectivity index (χ4v) is 3.51. The summed E-state index contributed by atoms with van der Waals surface area (Å²) >= 11 is 0. The van der Waals surface area contributed by atoms with Gasteiger partial charge >= 0.3 is 5.69 Å². The van der Waals surface area contributed by atoms with E-state index < -0.39 is 11.2 Å². The van der Waals surface area contributed by atoms with E-state index >= 15 is 0 Å². The lowest BCUT2D eigenvalue weighted by molar-refractivity contribution is -0.132. The first-order valence-corrected chi connectivity index (χ1v) is 9.66. The van der Waals surface area contributed by atoms with E-state index in [1.54, 1.807) is 17.0 Å². The lowest BCUT2D eigenvalue weighted by Crippen LogP contribution is -2.40. The normalized spacial score (nSPS) is 16.6. The maximum absolute atomic E-state index is 13.1. The number of nitrogens with zero attached hydrogens (tertiary/aromatic N) is 4. The average Bonchev–Trinajstić information content (AvgIpc) is 3.24. The van der Waals surface area contributed by atoms with Gasteiger partial charge in [0.1, 0.15) is 5.82 Å². The molecule has 1 aliphatic heterocycles. The Balaban J connectivity index is 1.39. The molecule has 3 aromatic rings. The van der Waals surface area contributed by atoms with Crippen LogP contribution in [0.4, 0.5) is 4.39 Å². The van der Waals surface area contributed by atoms with E-state index in [4.69, 9.17) is 4.42 Å². The molecule has 1 fully saturated rings. The van der Waals surface area contributed by atoms with Crippen molar-refractivity contribution in [3.8, 4) is 11.5 Å². The number of piperidine rings is 1. The Morgan fingerprint density at radius 1 is 1.20 bits per heavy atom. The van der Waals surface area contributed by atoms with Crippen LogP contribution in [0.2, 0.25) is 0 Å². The molecule has 1 aliphatic rings. The Hall–Kier alpha value is -3.56. The third-order valence-corrected chi connectivity index (χ3v) is 5.12. The van der Waals surface area contributed by atoms with Gasteiger partial charge in [0.05, 0.1) is 5.92 Å². The van der Waals surface area contributed by atoms with Gasteiger partial charge in [0.15, 0.2) is 0 Å². The summed E-state index contributed by atoms with van der Waals surface area (Å²) in [4.78, 5) is 39.4. The number of halogens is 1. The summed E-state index contributed by atoms with van der Waals surface area (Å²) in [5.41, 5.74) is -0.378. The number of carbonyl (C=O) groups is 1. The van der Waals surface area contributed by atoms with Crippen molar-refractivity contribution in [2.45, 2.75) is 31.7 Å². The summed E-state index contributed by atoms with van der Waals surface area (Å²) in [6.45, 7) is 1.25. The first-order chi connectivity index (χ1) is 14.5. The fraction of sp³-hybridized carbons (Fsp3) is 0.350. The Morgan fingerprint density at radius 2 is 2.00 bits per heavy atom. The highest BCUT2D eigenvalue weighted by Gasteiger charge is 2.28. The van der Waals surface area contributed by atoms with Crippen molar-refractivity contribution in [3.05, 3.63) is 69.1 Å². The molecule has 30 heavy (non-hydrogen) atoms. The Morgan fingerprint density at radius 3 is 2.77 bits per heavy atom. The maximum atomic E-state index is 13.1. The van der Waals surface area contributed by atoms with Crippen LogP contribution >= 0.6 is 0 Å². The second-order valence-electron chi connectivity index (χ2n) is 7.18. The molecule has 3 heterocycles. The number of nitrogens with one attached hydrogen (secondary N) is 1. The zero-order valence-electron chi connectivity index (χ0n) is 16.1. The summed E-state index contributed by atoms with van der Waals surface area (Å²) in [6, 6.07) is 7.04. The molecular weight excluding hydrogens is 393 g/mol. The molecule has 2 aromatic heterocycles. The quantitative estimate of drug-likeness (QED) is 0.678. The summed E-state index contributed by atoms with van der Waals surface area (Å²) < 4.78 is 20.2. The highest BCUT2D eigenvalue weighted by molar-refractivity contribution is 5.76. The fourth-order valence-electron chi connectivity index (χ4n) is 3.51. The van der Waals surface area contributed by atoms with Crippen molar-refractivity contribution in [2.75, 3.05) is 13.1 Å². The van der Waals surface area contributed by atoms with Crippen LogP contribution in [0.15, 0.2) is 50.5 Å². The van der Waals surface area contributed by atoms with E-state index in [0.717, 1.165) is 12.8 Å². The molecule has 1 unspecified atom stereocenters. The second kappa shape index (κ2) is 8.44. The van der Waals surface area contributed by atoms with Crippen molar-refractivity contribution < 1.29 is 13.6 Å². The molecule has 1 aromatic carbocycles. The first kappa shape index (κ1) is 19.7. The van der Waals surface area contributed by atoms with Crippen LogP contribution in [0, 0.1) is 5.82 Å². The van der Waals surface area contributed by atoms with Crippen LogP contribution in [-0.4, -0.2) is 43.6 Å². The van der Waals surface area contributed by atoms with Crippen molar-refractivity contribution in [3.63, 3.8) is 0 Å². The van der Waals surface area contributed by atoms with Gasteiger partial charge in [0.25, 0.3) is 5.56 Å². The molecule has 1 saturated heterocycles. The van der Waals surface area contributed by atoms with Gasteiger partial charge in [-0.1, -0.05) is 0 Å². The van der Waals surface area contributed by atoms with Gasteiger partial charge in [-0.05, 0) is 37.1 Å². The number of aromatic amines is 1. The van der Waals surface area contributed by atoms with Crippen LogP contribution in [0.25, 0.3) is 11.5 Å². The summed E-state index contributed by atoms with van der Waals surface area (Å²) in [5, 5.41) is 8.16. The van der Waals surface area contributed by atoms with Gasteiger partial charge in [-0.15, -0.1) is 10.2 Å². The van der Waals surface area contributed by atoms with E-state index in [2.05, 4.69) is 15.2 Å². The third kappa shape index (κ3) is 4.37. The molecule has 10 heteroatoms.